The Kier molecular flexibility index (Phi) is 6.40. The van der Waals surface area contributed by atoms with Gasteiger partial charge in [-0.05, 0) is 75.3 Å². The average molecular weight is 480 g/mol. The predicted molar refractivity (Wildman–Crippen MR) is 137 cm³/mol. The van der Waals surface area contributed by atoms with Gasteiger partial charge in [-0.15, -0.1) is 0 Å². The lowest BCUT2D eigenvalue weighted by Crippen LogP contribution is -2.38. The first-order valence-electron chi connectivity index (χ1n) is 12.5. The number of halogens is 1. The van der Waals surface area contributed by atoms with Gasteiger partial charge in [-0.2, -0.15) is 0 Å². The van der Waals surface area contributed by atoms with E-state index in [4.69, 9.17) is 0 Å². The van der Waals surface area contributed by atoms with Gasteiger partial charge < -0.3 is 24.9 Å². The van der Waals surface area contributed by atoms with Crippen molar-refractivity contribution < 1.29 is 14.0 Å². The second kappa shape index (κ2) is 9.49. The average Bonchev–Trinajstić information content (AvgIpc) is 3.49. The molecule has 5 rings (SSSR count). The maximum Gasteiger partial charge on any atom is 0.258 e. The molecule has 1 unspecified atom stereocenters. The summed E-state index contributed by atoms with van der Waals surface area (Å²) in [7, 11) is 4.12. The second-order valence-corrected chi connectivity index (χ2v) is 10.2. The van der Waals surface area contributed by atoms with Crippen LogP contribution < -0.4 is 20.0 Å². The minimum absolute atomic E-state index is 0.00404. The van der Waals surface area contributed by atoms with Gasteiger partial charge in [-0.1, -0.05) is 0 Å². The van der Waals surface area contributed by atoms with Gasteiger partial charge in [-0.3, -0.25) is 9.59 Å². The number of likely N-dealkylation sites (N-methyl/N-ethyl adjacent to an activating group) is 1. The Morgan fingerprint density at radius 2 is 1.77 bits per heavy atom. The molecule has 2 atom stereocenters. The number of benzene rings is 2. The van der Waals surface area contributed by atoms with Gasteiger partial charge in [0.15, 0.2) is 0 Å². The van der Waals surface area contributed by atoms with Crippen LogP contribution in [0.2, 0.25) is 0 Å². The van der Waals surface area contributed by atoms with Gasteiger partial charge in [0.25, 0.3) is 5.91 Å². The van der Waals surface area contributed by atoms with Crippen LogP contribution in [-0.4, -0.2) is 75.6 Å². The molecule has 7 nitrogen and oxygen atoms in total. The van der Waals surface area contributed by atoms with Crippen molar-refractivity contribution in [1.29, 1.82) is 0 Å². The maximum atomic E-state index is 15.1. The molecule has 3 heterocycles. The third kappa shape index (κ3) is 4.72. The molecule has 3 aliphatic rings. The fourth-order valence-electron chi connectivity index (χ4n) is 5.62. The number of anilines is 3. The van der Waals surface area contributed by atoms with Crippen LogP contribution in [0.25, 0.3) is 0 Å². The summed E-state index contributed by atoms with van der Waals surface area (Å²) in [5, 5.41) is 2.99. The SMILES string of the molecule is CC(=O)NC1CCN(c2ccc3c(c2)CCN(c2ccc(N4CC[C@@H](N(C)C)C4)c(F)c2)C3=O)C1. The van der Waals surface area contributed by atoms with Gasteiger partial charge in [0.2, 0.25) is 5.91 Å². The monoisotopic (exact) mass is 479 g/mol. The number of nitrogens with one attached hydrogen (secondary N) is 1. The fourth-order valence-corrected chi connectivity index (χ4v) is 5.62. The Morgan fingerprint density at radius 1 is 1.00 bits per heavy atom. The first kappa shape index (κ1) is 23.6. The molecule has 2 amide bonds. The zero-order valence-corrected chi connectivity index (χ0v) is 20.8. The minimum atomic E-state index is -0.279. The van der Waals surface area contributed by atoms with Gasteiger partial charge in [-0.25, -0.2) is 4.39 Å². The van der Waals surface area contributed by atoms with Gasteiger partial charge in [0.1, 0.15) is 5.82 Å². The Hall–Kier alpha value is -3.13. The van der Waals surface area contributed by atoms with Crippen molar-refractivity contribution in [2.75, 3.05) is 61.5 Å². The molecule has 0 saturated carbocycles. The molecule has 1 N–H and O–H groups in total. The number of hydrogen-bond acceptors (Lipinski definition) is 5. The summed E-state index contributed by atoms with van der Waals surface area (Å²) >= 11 is 0. The number of nitrogens with zero attached hydrogens (tertiary/aromatic N) is 4. The lowest BCUT2D eigenvalue weighted by molar-refractivity contribution is -0.119. The Labute approximate surface area is 206 Å². The van der Waals surface area contributed by atoms with Crippen LogP contribution in [0.5, 0.6) is 0 Å². The molecule has 2 aromatic carbocycles. The van der Waals surface area contributed by atoms with Crippen LogP contribution in [0.4, 0.5) is 21.5 Å². The standard InChI is InChI=1S/C27H34FN5O2/c1-18(34)29-20-9-11-31(16-20)21-4-6-24-19(14-21)8-13-33(27(24)35)22-5-7-26(25(28)15-22)32-12-10-23(17-32)30(2)3/h4-7,14-15,20,23H,8-13,16-17H2,1-3H3,(H,29,34)/t20?,23-/m1/s1. The molecule has 0 bridgehead atoms. The van der Waals surface area contributed by atoms with E-state index in [1.807, 2.05) is 24.3 Å². The Balaban J connectivity index is 1.29. The summed E-state index contributed by atoms with van der Waals surface area (Å²) < 4.78 is 15.1. The topological polar surface area (TPSA) is 59.1 Å². The van der Waals surface area contributed by atoms with E-state index < -0.39 is 0 Å². The molecule has 186 valence electrons. The normalized spacial score (nSPS) is 22.2. The van der Waals surface area contributed by atoms with Gasteiger partial charge >= 0.3 is 0 Å². The van der Waals surface area contributed by atoms with Crippen molar-refractivity contribution >= 4 is 28.9 Å². The zero-order chi connectivity index (χ0) is 24.7. The van der Waals surface area contributed by atoms with Crippen LogP contribution >= 0.6 is 0 Å². The fraction of sp³-hybridized carbons (Fsp3) is 0.481. The van der Waals surface area contributed by atoms with Crippen molar-refractivity contribution in [2.45, 2.75) is 38.3 Å². The van der Waals surface area contributed by atoms with Crippen molar-refractivity contribution in [3.05, 3.63) is 53.3 Å². The smallest absolute Gasteiger partial charge is 0.258 e. The molecular weight excluding hydrogens is 445 g/mol. The van der Waals surface area contributed by atoms with E-state index in [9.17, 15) is 9.59 Å². The Morgan fingerprint density at radius 3 is 2.49 bits per heavy atom. The number of amides is 2. The second-order valence-electron chi connectivity index (χ2n) is 10.2. The van der Waals surface area contributed by atoms with E-state index in [0.717, 1.165) is 56.7 Å². The lowest BCUT2D eigenvalue weighted by atomic mass is 9.97. The highest BCUT2D eigenvalue weighted by Gasteiger charge is 2.30. The van der Waals surface area contributed by atoms with Crippen LogP contribution in [0.1, 0.15) is 35.7 Å². The molecule has 0 aromatic heterocycles. The first-order chi connectivity index (χ1) is 16.8. The number of hydrogen-bond donors (Lipinski definition) is 1. The van der Waals surface area contributed by atoms with Gasteiger partial charge in [0, 0.05) is 68.7 Å². The first-order valence-corrected chi connectivity index (χ1v) is 12.5. The molecule has 35 heavy (non-hydrogen) atoms. The highest BCUT2D eigenvalue weighted by molar-refractivity contribution is 6.08. The largest absolute Gasteiger partial charge is 0.369 e. The van der Waals surface area contributed by atoms with Crippen LogP contribution in [0.3, 0.4) is 0 Å². The summed E-state index contributed by atoms with van der Waals surface area (Å²) in [6.45, 7) is 5.36. The van der Waals surface area contributed by atoms with Crippen LogP contribution in [-0.2, 0) is 11.2 Å². The third-order valence-corrected chi connectivity index (χ3v) is 7.61. The lowest BCUT2D eigenvalue weighted by Gasteiger charge is -2.30. The van der Waals surface area contributed by atoms with Crippen LogP contribution in [0.15, 0.2) is 36.4 Å². The molecule has 0 aliphatic carbocycles. The molecule has 8 heteroatoms. The molecule has 2 aromatic rings. The van der Waals surface area contributed by atoms with Crippen molar-refractivity contribution in [3.63, 3.8) is 0 Å². The molecule has 0 radical (unpaired) electrons. The molecule has 2 fully saturated rings. The highest BCUT2D eigenvalue weighted by atomic mass is 19.1. The van der Waals surface area contributed by atoms with Crippen molar-refractivity contribution in [1.82, 2.24) is 10.2 Å². The van der Waals surface area contributed by atoms with E-state index in [0.29, 0.717) is 29.5 Å². The van der Waals surface area contributed by atoms with E-state index in [2.05, 4.69) is 40.2 Å². The summed E-state index contributed by atoms with van der Waals surface area (Å²) in [4.78, 5) is 32.9. The number of carbonyl (C=O) groups excluding carboxylic acids is 2. The van der Waals surface area contributed by atoms with E-state index in [1.165, 1.54) is 6.07 Å². The summed E-state index contributed by atoms with van der Waals surface area (Å²) in [5.41, 5.74) is 3.99. The van der Waals surface area contributed by atoms with E-state index >= 15 is 4.39 Å². The van der Waals surface area contributed by atoms with Crippen LogP contribution in [0, 0.1) is 5.82 Å². The highest BCUT2D eigenvalue weighted by Crippen LogP contribution is 2.32. The minimum Gasteiger partial charge on any atom is -0.369 e. The number of carbonyl (C=O) groups is 2. The maximum absolute atomic E-state index is 15.1. The Bertz CT molecular complexity index is 1140. The van der Waals surface area contributed by atoms with Crippen molar-refractivity contribution in [3.8, 4) is 0 Å². The van der Waals surface area contributed by atoms with Crippen molar-refractivity contribution in [2.24, 2.45) is 0 Å². The molecular formula is C27H34FN5O2. The van der Waals surface area contributed by atoms with Gasteiger partial charge in [0.05, 0.1) is 5.69 Å². The summed E-state index contributed by atoms with van der Waals surface area (Å²) in [6.07, 6.45) is 2.65. The summed E-state index contributed by atoms with van der Waals surface area (Å²) in [5.74, 6) is -0.370. The quantitative estimate of drug-likeness (QED) is 0.715. The number of rotatable bonds is 5. The predicted octanol–water partition coefficient (Wildman–Crippen LogP) is 2.88. The van der Waals surface area contributed by atoms with E-state index in [-0.39, 0.29) is 23.7 Å². The third-order valence-electron chi connectivity index (χ3n) is 7.61. The van der Waals surface area contributed by atoms with E-state index in [1.54, 1.807) is 11.8 Å². The molecule has 3 aliphatic heterocycles. The zero-order valence-electron chi connectivity index (χ0n) is 20.8. The summed E-state index contributed by atoms with van der Waals surface area (Å²) in [6, 6.07) is 11.7. The molecule has 0 spiro atoms. The number of fused-ring (bicyclic) bond motifs is 1. The molecule has 2 saturated heterocycles.